The molecule has 0 bridgehead atoms. The van der Waals surface area contributed by atoms with Crippen LogP contribution in [0.15, 0.2) is 0 Å². The topological polar surface area (TPSA) is 6.48 Å². The summed E-state index contributed by atoms with van der Waals surface area (Å²) in [6.45, 7) is 5.33. The zero-order chi connectivity index (χ0) is 8.39. The van der Waals surface area contributed by atoms with Gasteiger partial charge in [-0.1, -0.05) is 6.42 Å². The van der Waals surface area contributed by atoms with Crippen LogP contribution in [0.4, 0.5) is 0 Å². The largest absolute Gasteiger partial charge is 0.305 e. The minimum Gasteiger partial charge on any atom is -0.305 e. The first-order valence-corrected chi connectivity index (χ1v) is 5.29. The number of piperidine rings is 1. The summed E-state index contributed by atoms with van der Waals surface area (Å²) in [5.41, 5.74) is 0. The van der Waals surface area contributed by atoms with E-state index in [-0.39, 0.29) is 0 Å². The van der Waals surface area contributed by atoms with E-state index in [1.54, 1.807) is 0 Å². The van der Waals surface area contributed by atoms with E-state index in [4.69, 9.17) is 0 Å². The number of hydrogen-bond acceptors (Lipinski definition) is 2. The lowest BCUT2D eigenvalue weighted by atomic mass is 10.1. The second-order valence-corrected chi connectivity index (χ2v) is 4.30. The van der Waals surface area contributed by atoms with Gasteiger partial charge in [0.25, 0.3) is 0 Å². The molecule has 12 heavy (non-hydrogen) atoms. The highest BCUT2D eigenvalue weighted by atomic mass is 15.2. The van der Waals surface area contributed by atoms with Crippen LogP contribution >= 0.6 is 0 Å². The average Bonchev–Trinajstić information content (AvgIpc) is 2.54. The highest BCUT2D eigenvalue weighted by Gasteiger charge is 2.26. The zero-order valence-electron chi connectivity index (χ0n) is 8.13. The molecule has 0 N–H and O–H groups in total. The second kappa shape index (κ2) is 3.75. The van der Waals surface area contributed by atoms with E-state index < -0.39 is 0 Å². The Morgan fingerprint density at radius 1 is 1.00 bits per heavy atom. The third-order valence-electron chi connectivity index (χ3n) is 3.27. The van der Waals surface area contributed by atoms with Crippen molar-refractivity contribution in [3.63, 3.8) is 0 Å². The molecule has 70 valence electrons. The fraction of sp³-hybridized carbons (Fsp3) is 1.00. The van der Waals surface area contributed by atoms with Gasteiger partial charge in [-0.05, 0) is 45.9 Å². The standard InChI is InChI=1S/C10H20N2/c1-11-8-5-10(9-11)12-6-3-2-4-7-12/h10H,2-9H2,1H3. The Kier molecular flexibility index (Phi) is 2.66. The molecule has 2 nitrogen and oxygen atoms in total. The molecule has 2 fully saturated rings. The molecule has 1 atom stereocenters. The van der Waals surface area contributed by atoms with Crippen LogP contribution < -0.4 is 0 Å². The number of likely N-dealkylation sites (tertiary alicyclic amines) is 2. The lowest BCUT2D eigenvalue weighted by molar-refractivity contribution is 0.166. The van der Waals surface area contributed by atoms with Gasteiger partial charge in [0.1, 0.15) is 0 Å². The Labute approximate surface area is 75.5 Å². The van der Waals surface area contributed by atoms with Gasteiger partial charge in [-0.2, -0.15) is 0 Å². The molecule has 0 amide bonds. The van der Waals surface area contributed by atoms with E-state index in [2.05, 4.69) is 16.8 Å². The van der Waals surface area contributed by atoms with Gasteiger partial charge in [-0.3, -0.25) is 4.90 Å². The number of rotatable bonds is 1. The molecule has 2 saturated heterocycles. The van der Waals surface area contributed by atoms with E-state index in [0.717, 1.165) is 6.04 Å². The molecule has 0 radical (unpaired) electrons. The summed E-state index contributed by atoms with van der Waals surface area (Å²) in [4.78, 5) is 5.16. The summed E-state index contributed by atoms with van der Waals surface area (Å²) in [7, 11) is 2.24. The van der Waals surface area contributed by atoms with Gasteiger partial charge in [-0.15, -0.1) is 0 Å². The Bertz CT molecular complexity index is 138. The summed E-state index contributed by atoms with van der Waals surface area (Å²) < 4.78 is 0. The van der Waals surface area contributed by atoms with E-state index >= 15 is 0 Å². The predicted octanol–water partition coefficient (Wildman–Crippen LogP) is 1.18. The predicted molar refractivity (Wildman–Crippen MR) is 51.3 cm³/mol. The van der Waals surface area contributed by atoms with E-state index in [9.17, 15) is 0 Å². The number of likely N-dealkylation sites (N-methyl/N-ethyl adjacent to an activating group) is 1. The van der Waals surface area contributed by atoms with Crippen molar-refractivity contribution >= 4 is 0 Å². The Balaban J connectivity index is 1.83. The summed E-state index contributed by atoms with van der Waals surface area (Å²) in [6.07, 6.45) is 5.72. The van der Waals surface area contributed by atoms with Crippen molar-refractivity contribution in [1.29, 1.82) is 0 Å². The molecule has 2 aliphatic rings. The first-order valence-electron chi connectivity index (χ1n) is 5.29. The van der Waals surface area contributed by atoms with Crippen molar-refractivity contribution in [3.8, 4) is 0 Å². The molecule has 1 unspecified atom stereocenters. The smallest absolute Gasteiger partial charge is 0.0235 e. The summed E-state index contributed by atoms with van der Waals surface area (Å²) in [5.74, 6) is 0. The quantitative estimate of drug-likeness (QED) is 0.580. The Morgan fingerprint density at radius 2 is 1.75 bits per heavy atom. The zero-order valence-corrected chi connectivity index (χ0v) is 8.13. The molecule has 0 spiro atoms. The van der Waals surface area contributed by atoms with Crippen LogP contribution in [0.1, 0.15) is 25.7 Å². The van der Waals surface area contributed by atoms with Gasteiger partial charge in [0.2, 0.25) is 0 Å². The van der Waals surface area contributed by atoms with E-state index in [1.807, 2.05) is 0 Å². The van der Waals surface area contributed by atoms with Gasteiger partial charge in [0.05, 0.1) is 0 Å². The summed E-state index contributed by atoms with van der Waals surface area (Å²) in [5, 5.41) is 0. The SMILES string of the molecule is CN1CCC(N2CCCCC2)C1. The fourth-order valence-corrected chi connectivity index (χ4v) is 2.49. The van der Waals surface area contributed by atoms with E-state index in [0.29, 0.717) is 0 Å². The molecule has 0 aromatic carbocycles. The molecule has 0 aromatic heterocycles. The van der Waals surface area contributed by atoms with Gasteiger partial charge < -0.3 is 4.90 Å². The maximum Gasteiger partial charge on any atom is 0.0235 e. The Hall–Kier alpha value is -0.0800. The van der Waals surface area contributed by atoms with Crippen molar-refractivity contribution in [2.24, 2.45) is 0 Å². The first-order chi connectivity index (χ1) is 5.86. The van der Waals surface area contributed by atoms with Gasteiger partial charge in [0, 0.05) is 12.6 Å². The van der Waals surface area contributed by atoms with Crippen LogP contribution in [-0.2, 0) is 0 Å². The molecule has 0 aromatic rings. The molecule has 0 saturated carbocycles. The molecular formula is C10H20N2. The van der Waals surface area contributed by atoms with Crippen molar-refractivity contribution in [2.45, 2.75) is 31.7 Å². The van der Waals surface area contributed by atoms with Crippen molar-refractivity contribution in [3.05, 3.63) is 0 Å². The van der Waals surface area contributed by atoms with Crippen LogP contribution in [0.25, 0.3) is 0 Å². The molecule has 2 heterocycles. The number of hydrogen-bond donors (Lipinski definition) is 0. The maximum atomic E-state index is 2.70. The van der Waals surface area contributed by atoms with Crippen LogP contribution in [0.5, 0.6) is 0 Å². The normalized spacial score (nSPS) is 34.2. The molecule has 0 aliphatic carbocycles. The minimum atomic E-state index is 0.885. The highest BCUT2D eigenvalue weighted by Crippen LogP contribution is 2.18. The second-order valence-electron chi connectivity index (χ2n) is 4.30. The fourth-order valence-electron chi connectivity index (χ4n) is 2.49. The Morgan fingerprint density at radius 3 is 2.33 bits per heavy atom. The average molecular weight is 168 g/mol. The number of nitrogens with zero attached hydrogens (tertiary/aromatic N) is 2. The van der Waals surface area contributed by atoms with Crippen LogP contribution in [0, 0.1) is 0 Å². The van der Waals surface area contributed by atoms with Crippen LogP contribution in [0.2, 0.25) is 0 Å². The van der Waals surface area contributed by atoms with Gasteiger partial charge >= 0.3 is 0 Å². The maximum absolute atomic E-state index is 2.70. The summed E-state index contributed by atoms with van der Waals surface area (Å²) >= 11 is 0. The summed E-state index contributed by atoms with van der Waals surface area (Å²) in [6, 6.07) is 0.885. The van der Waals surface area contributed by atoms with Crippen LogP contribution in [-0.4, -0.2) is 49.1 Å². The van der Waals surface area contributed by atoms with Crippen molar-refractivity contribution < 1.29 is 0 Å². The van der Waals surface area contributed by atoms with Crippen LogP contribution in [0.3, 0.4) is 0 Å². The molecular weight excluding hydrogens is 148 g/mol. The minimum absolute atomic E-state index is 0.885. The molecule has 2 heteroatoms. The third kappa shape index (κ3) is 1.80. The molecule has 2 rings (SSSR count). The van der Waals surface area contributed by atoms with Crippen molar-refractivity contribution in [1.82, 2.24) is 9.80 Å². The van der Waals surface area contributed by atoms with E-state index in [1.165, 1.54) is 51.9 Å². The van der Waals surface area contributed by atoms with Gasteiger partial charge in [0.15, 0.2) is 0 Å². The monoisotopic (exact) mass is 168 g/mol. The molecule has 2 aliphatic heterocycles. The van der Waals surface area contributed by atoms with Crippen molar-refractivity contribution in [2.75, 3.05) is 33.2 Å². The lowest BCUT2D eigenvalue weighted by Gasteiger charge is -2.31. The first kappa shape index (κ1) is 8.52. The van der Waals surface area contributed by atoms with Gasteiger partial charge in [-0.25, -0.2) is 0 Å². The highest BCUT2D eigenvalue weighted by molar-refractivity contribution is 4.83. The third-order valence-corrected chi connectivity index (χ3v) is 3.27. The lowest BCUT2D eigenvalue weighted by Crippen LogP contribution is -2.40.